The summed E-state index contributed by atoms with van der Waals surface area (Å²) in [4.78, 5) is 14.7. The van der Waals surface area contributed by atoms with Gasteiger partial charge in [0.25, 0.3) is 5.91 Å². The molecule has 0 radical (unpaired) electrons. The number of nitrogens with one attached hydrogen (secondary N) is 1. The summed E-state index contributed by atoms with van der Waals surface area (Å²) in [6.07, 6.45) is 0.612. The number of aryl methyl sites for hydroxylation is 1. The van der Waals surface area contributed by atoms with Crippen molar-refractivity contribution in [1.82, 2.24) is 20.0 Å². The average molecular weight is 394 g/mol. The van der Waals surface area contributed by atoms with Crippen LogP contribution in [-0.4, -0.2) is 46.8 Å². The summed E-state index contributed by atoms with van der Waals surface area (Å²) in [6.45, 7) is 5.13. The molecule has 1 aromatic heterocycles. The molecule has 0 atom stereocenters. The van der Waals surface area contributed by atoms with Crippen LogP contribution in [-0.2, 0) is 6.18 Å². The van der Waals surface area contributed by atoms with E-state index in [0.717, 1.165) is 36.1 Å². The molecule has 1 N–H and O–H groups in total. The van der Waals surface area contributed by atoms with E-state index in [0.29, 0.717) is 13.0 Å². The van der Waals surface area contributed by atoms with Gasteiger partial charge in [-0.2, -0.15) is 18.3 Å². The van der Waals surface area contributed by atoms with Crippen LogP contribution in [0.2, 0.25) is 0 Å². The maximum Gasteiger partial charge on any atom is 0.434 e. The largest absolute Gasteiger partial charge is 0.434 e. The fourth-order valence-corrected chi connectivity index (χ4v) is 3.45. The Hall–Kier alpha value is -2.35. The molecule has 3 rings (SSSR count). The van der Waals surface area contributed by atoms with Gasteiger partial charge in [0.15, 0.2) is 5.69 Å². The first-order chi connectivity index (χ1) is 13.4. The lowest BCUT2D eigenvalue weighted by Gasteiger charge is -2.26. The third-order valence-corrected chi connectivity index (χ3v) is 4.95. The molecular weight excluding hydrogens is 369 g/mol. The number of likely N-dealkylation sites (tertiary alicyclic amines) is 1. The van der Waals surface area contributed by atoms with Crippen LogP contribution in [0, 0.1) is 6.92 Å². The Morgan fingerprint density at radius 1 is 1.14 bits per heavy atom. The maximum absolute atomic E-state index is 13.7. The maximum atomic E-state index is 13.7. The zero-order valence-electron chi connectivity index (χ0n) is 15.9. The van der Waals surface area contributed by atoms with Crippen LogP contribution >= 0.6 is 0 Å². The van der Waals surface area contributed by atoms with Crippen molar-refractivity contribution in [3.8, 4) is 5.69 Å². The van der Waals surface area contributed by atoms with Gasteiger partial charge < -0.3 is 10.2 Å². The molecule has 1 saturated heterocycles. The molecule has 28 heavy (non-hydrogen) atoms. The molecule has 5 nitrogen and oxygen atoms in total. The zero-order valence-corrected chi connectivity index (χ0v) is 15.9. The van der Waals surface area contributed by atoms with E-state index in [9.17, 15) is 18.0 Å². The number of halogens is 3. The zero-order chi connectivity index (χ0) is 20.1. The Kier molecular flexibility index (Phi) is 6.39. The number of benzene rings is 1. The summed E-state index contributed by atoms with van der Waals surface area (Å²) < 4.78 is 41.7. The van der Waals surface area contributed by atoms with Crippen molar-refractivity contribution < 1.29 is 18.0 Å². The minimum Gasteiger partial charge on any atom is -0.352 e. The van der Waals surface area contributed by atoms with Gasteiger partial charge in [-0.15, -0.1) is 0 Å². The Morgan fingerprint density at radius 3 is 2.46 bits per heavy atom. The van der Waals surface area contributed by atoms with Gasteiger partial charge in [-0.05, 0) is 58.0 Å². The average Bonchev–Trinajstić information content (AvgIpc) is 3.12. The highest BCUT2D eigenvalue weighted by Crippen LogP contribution is 2.33. The lowest BCUT2D eigenvalue weighted by molar-refractivity contribution is -0.143. The fraction of sp³-hybridized carbons (Fsp3) is 0.500. The molecular formula is C20H25F3N4O. The molecule has 0 aliphatic carbocycles. The SMILES string of the molecule is Cc1ccc(-n2ncc(C(=O)NCCCN3CCCCC3)c2C(F)(F)F)cc1. The molecule has 1 fully saturated rings. The van der Waals surface area contributed by atoms with Crippen molar-refractivity contribution in [3.05, 3.63) is 47.3 Å². The smallest absolute Gasteiger partial charge is 0.352 e. The van der Waals surface area contributed by atoms with Crippen LogP contribution in [0.3, 0.4) is 0 Å². The molecule has 0 spiro atoms. The van der Waals surface area contributed by atoms with Crippen LogP contribution in [0.5, 0.6) is 0 Å². The molecule has 1 amide bonds. The second-order valence-electron chi connectivity index (χ2n) is 7.16. The molecule has 2 heterocycles. The number of piperidine rings is 1. The van der Waals surface area contributed by atoms with Gasteiger partial charge in [0.1, 0.15) is 0 Å². The summed E-state index contributed by atoms with van der Waals surface area (Å²) in [5.74, 6) is -0.746. The highest BCUT2D eigenvalue weighted by atomic mass is 19.4. The summed E-state index contributed by atoms with van der Waals surface area (Å²) in [6, 6.07) is 6.52. The van der Waals surface area contributed by atoms with Gasteiger partial charge in [-0.3, -0.25) is 4.79 Å². The number of nitrogens with zero attached hydrogens (tertiary/aromatic N) is 3. The number of rotatable bonds is 6. The molecule has 1 aliphatic heterocycles. The number of alkyl halides is 3. The van der Waals surface area contributed by atoms with E-state index in [1.807, 2.05) is 6.92 Å². The summed E-state index contributed by atoms with van der Waals surface area (Å²) >= 11 is 0. The number of carbonyl (C=O) groups excluding carboxylic acids is 1. The van der Waals surface area contributed by atoms with E-state index < -0.39 is 23.3 Å². The summed E-state index contributed by atoms with van der Waals surface area (Å²) in [5, 5.41) is 6.44. The third kappa shape index (κ3) is 4.92. The number of aromatic nitrogens is 2. The minimum absolute atomic E-state index is 0.266. The van der Waals surface area contributed by atoms with Gasteiger partial charge in [-0.1, -0.05) is 24.1 Å². The quantitative estimate of drug-likeness (QED) is 0.758. The Bertz CT molecular complexity index is 793. The molecule has 1 aliphatic rings. The van der Waals surface area contributed by atoms with Gasteiger partial charge in [0, 0.05) is 6.54 Å². The predicted octanol–water partition coefficient (Wildman–Crippen LogP) is 3.81. The Morgan fingerprint density at radius 2 is 1.82 bits per heavy atom. The van der Waals surface area contributed by atoms with E-state index in [-0.39, 0.29) is 5.69 Å². The normalized spacial score (nSPS) is 15.6. The highest BCUT2D eigenvalue weighted by molar-refractivity contribution is 5.95. The van der Waals surface area contributed by atoms with Crippen molar-refractivity contribution in [1.29, 1.82) is 0 Å². The third-order valence-electron chi connectivity index (χ3n) is 4.95. The number of carbonyl (C=O) groups is 1. The molecule has 8 heteroatoms. The number of amides is 1. The van der Waals surface area contributed by atoms with Crippen molar-refractivity contribution in [2.75, 3.05) is 26.2 Å². The minimum atomic E-state index is -4.69. The van der Waals surface area contributed by atoms with Crippen LogP contribution in [0.25, 0.3) is 5.69 Å². The first-order valence-electron chi connectivity index (χ1n) is 9.59. The van der Waals surface area contributed by atoms with Crippen LogP contribution in [0.1, 0.15) is 47.3 Å². The van der Waals surface area contributed by atoms with Crippen molar-refractivity contribution >= 4 is 5.91 Å². The van der Waals surface area contributed by atoms with E-state index in [2.05, 4.69) is 15.3 Å². The molecule has 152 valence electrons. The van der Waals surface area contributed by atoms with E-state index in [1.165, 1.54) is 19.3 Å². The summed E-state index contributed by atoms with van der Waals surface area (Å²) in [7, 11) is 0. The van der Waals surface area contributed by atoms with Crippen LogP contribution in [0.15, 0.2) is 30.5 Å². The van der Waals surface area contributed by atoms with Crippen LogP contribution < -0.4 is 5.32 Å². The lowest BCUT2D eigenvalue weighted by Crippen LogP contribution is -2.33. The second-order valence-corrected chi connectivity index (χ2v) is 7.16. The topological polar surface area (TPSA) is 50.2 Å². The molecule has 0 saturated carbocycles. The summed E-state index contributed by atoms with van der Waals surface area (Å²) in [5.41, 5.74) is -0.311. The first kappa shape index (κ1) is 20.4. The number of hydrogen-bond acceptors (Lipinski definition) is 3. The van der Waals surface area contributed by atoms with Gasteiger partial charge in [-0.25, -0.2) is 4.68 Å². The molecule has 0 bridgehead atoms. The second kappa shape index (κ2) is 8.77. The molecule has 0 unspecified atom stereocenters. The number of hydrogen-bond donors (Lipinski definition) is 1. The fourth-order valence-electron chi connectivity index (χ4n) is 3.45. The van der Waals surface area contributed by atoms with Gasteiger partial charge >= 0.3 is 6.18 Å². The monoisotopic (exact) mass is 394 g/mol. The van der Waals surface area contributed by atoms with Crippen molar-refractivity contribution in [3.63, 3.8) is 0 Å². The standard InChI is InChI=1S/C20H25F3N4O/c1-15-6-8-16(9-7-15)27-18(20(21,22)23)17(14-25-27)19(28)24-10-5-13-26-11-3-2-4-12-26/h6-9,14H,2-5,10-13H2,1H3,(H,24,28). The molecule has 2 aromatic rings. The van der Waals surface area contributed by atoms with E-state index >= 15 is 0 Å². The van der Waals surface area contributed by atoms with E-state index in [1.54, 1.807) is 24.3 Å². The van der Waals surface area contributed by atoms with Crippen molar-refractivity contribution in [2.45, 2.75) is 38.8 Å². The lowest BCUT2D eigenvalue weighted by atomic mass is 10.1. The van der Waals surface area contributed by atoms with Gasteiger partial charge in [0.2, 0.25) is 0 Å². The highest BCUT2D eigenvalue weighted by Gasteiger charge is 2.40. The van der Waals surface area contributed by atoms with Crippen LogP contribution in [0.4, 0.5) is 13.2 Å². The van der Waals surface area contributed by atoms with E-state index in [4.69, 9.17) is 0 Å². The van der Waals surface area contributed by atoms with Crippen molar-refractivity contribution in [2.24, 2.45) is 0 Å². The Balaban J connectivity index is 1.68. The Labute approximate surface area is 162 Å². The molecule has 1 aromatic carbocycles. The first-order valence-corrected chi connectivity index (χ1v) is 9.59. The predicted molar refractivity (Wildman–Crippen MR) is 101 cm³/mol. The van der Waals surface area contributed by atoms with Gasteiger partial charge in [0.05, 0.1) is 17.4 Å².